The van der Waals surface area contributed by atoms with Crippen LogP contribution in [0.5, 0.6) is 0 Å². The summed E-state index contributed by atoms with van der Waals surface area (Å²) in [7, 11) is 0. The number of carbonyl (C=O) groups is 3. The molecule has 0 aliphatic rings. The molecular formula is C14H19N3O3. The Bertz CT molecular complexity index is 511. The highest BCUT2D eigenvalue weighted by molar-refractivity contribution is 5.93. The van der Waals surface area contributed by atoms with E-state index in [0.717, 1.165) is 5.56 Å². The molecule has 0 aliphatic carbocycles. The summed E-state index contributed by atoms with van der Waals surface area (Å²) in [6.07, 6.45) is 0.0365. The third kappa shape index (κ3) is 4.38. The van der Waals surface area contributed by atoms with Gasteiger partial charge in [-0.3, -0.25) is 14.4 Å². The van der Waals surface area contributed by atoms with Gasteiger partial charge < -0.3 is 16.8 Å². The third-order valence-electron chi connectivity index (χ3n) is 3.10. The first-order valence-electron chi connectivity index (χ1n) is 6.29. The Morgan fingerprint density at radius 3 is 2.05 bits per heavy atom. The maximum atomic E-state index is 11.7. The van der Waals surface area contributed by atoms with Crippen LogP contribution in [0.4, 0.5) is 5.69 Å². The van der Waals surface area contributed by atoms with Gasteiger partial charge >= 0.3 is 0 Å². The predicted molar refractivity (Wildman–Crippen MR) is 75.7 cm³/mol. The highest BCUT2D eigenvalue weighted by Crippen LogP contribution is 2.18. The van der Waals surface area contributed by atoms with Gasteiger partial charge in [0, 0.05) is 18.0 Å². The van der Waals surface area contributed by atoms with Gasteiger partial charge in [-0.15, -0.1) is 0 Å². The van der Waals surface area contributed by atoms with Gasteiger partial charge in [0.1, 0.15) is 0 Å². The zero-order valence-corrected chi connectivity index (χ0v) is 11.6. The van der Waals surface area contributed by atoms with Gasteiger partial charge in [0.05, 0.1) is 5.92 Å². The molecule has 108 valence electrons. The minimum atomic E-state index is -0.510. The number of hydrogen-bond acceptors (Lipinski definition) is 3. The van der Waals surface area contributed by atoms with Crippen molar-refractivity contribution in [2.45, 2.75) is 26.2 Å². The molecule has 0 saturated carbocycles. The maximum Gasteiger partial charge on any atom is 0.225 e. The number of anilines is 1. The van der Waals surface area contributed by atoms with Crippen LogP contribution < -0.4 is 16.8 Å². The monoisotopic (exact) mass is 277 g/mol. The summed E-state index contributed by atoms with van der Waals surface area (Å²) >= 11 is 0. The maximum absolute atomic E-state index is 11.7. The van der Waals surface area contributed by atoms with Crippen LogP contribution >= 0.6 is 0 Å². The standard InChI is InChI=1S/C14H19N3O3/c1-8(13(15)19)7-12(18)17-11-5-3-10(4-6-11)9(2)14(16)20/h3-6,8-9H,7H2,1-2H3,(H2,15,19)(H2,16,20)(H,17,18). The van der Waals surface area contributed by atoms with Crippen molar-refractivity contribution < 1.29 is 14.4 Å². The van der Waals surface area contributed by atoms with Gasteiger partial charge in [-0.1, -0.05) is 19.1 Å². The van der Waals surface area contributed by atoms with Crippen LogP contribution in [0.25, 0.3) is 0 Å². The highest BCUT2D eigenvalue weighted by atomic mass is 16.2. The number of nitrogens with two attached hydrogens (primary N) is 2. The van der Waals surface area contributed by atoms with Crippen LogP contribution in [0.3, 0.4) is 0 Å². The number of rotatable bonds is 6. The second-order valence-corrected chi connectivity index (χ2v) is 4.80. The topological polar surface area (TPSA) is 115 Å². The van der Waals surface area contributed by atoms with E-state index < -0.39 is 17.7 Å². The van der Waals surface area contributed by atoms with E-state index in [0.29, 0.717) is 5.69 Å². The van der Waals surface area contributed by atoms with Gasteiger partial charge in [-0.05, 0) is 24.6 Å². The fourth-order valence-corrected chi connectivity index (χ4v) is 1.61. The Morgan fingerprint density at radius 2 is 1.60 bits per heavy atom. The van der Waals surface area contributed by atoms with Crippen molar-refractivity contribution >= 4 is 23.4 Å². The van der Waals surface area contributed by atoms with Crippen molar-refractivity contribution in [2.75, 3.05) is 5.32 Å². The number of benzene rings is 1. The molecule has 2 unspecified atom stereocenters. The van der Waals surface area contributed by atoms with Crippen LogP contribution in [0.1, 0.15) is 31.7 Å². The summed E-state index contributed by atoms with van der Waals surface area (Å²) in [5, 5.41) is 2.66. The van der Waals surface area contributed by atoms with E-state index in [-0.39, 0.29) is 18.2 Å². The average molecular weight is 277 g/mol. The normalized spacial score (nSPS) is 13.3. The Balaban J connectivity index is 2.64. The van der Waals surface area contributed by atoms with E-state index in [1.807, 2.05) is 0 Å². The molecule has 2 atom stereocenters. The summed E-state index contributed by atoms with van der Waals surface area (Å²) < 4.78 is 0. The molecule has 0 radical (unpaired) electrons. The predicted octanol–water partition coefficient (Wildman–Crippen LogP) is 0.725. The quantitative estimate of drug-likeness (QED) is 0.711. The molecule has 0 aliphatic heterocycles. The minimum Gasteiger partial charge on any atom is -0.369 e. The lowest BCUT2D eigenvalue weighted by molar-refractivity contribution is -0.125. The molecule has 0 aromatic heterocycles. The van der Waals surface area contributed by atoms with Gasteiger partial charge in [0.25, 0.3) is 0 Å². The fraction of sp³-hybridized carbons (Fsp3) is 0.357. The number of amides is 3. The molecule has 0 spiro atoms. The molecule has 6 heteroatoms. The van der Waals surface area contributed by atoms with Crippen LogP contribution in [0, 0.1) is 5.92 Å². The molecule has 3 amide bonds. The van der Waals surface area contributed by atoms with E-state index in [4.69, 9.17) is 11.5 Å². The zero-order chi connectivity index (χ0) is 15.3. The molecular weight excluding hydrogens is 258 g/mol. The number of hydrogen-bond donors (Lipinski definition) is 3. The minimum absolute atomic E-state index is 0.0365. The van der Waals surface area contributed by atoms with Crippen molar-refractivity contribution in [3.63, 3.8) is 0 Å². The molecule has 1 aromatic rings. The molecule has 1 aromatic carbocycles. The van der Waals surface area contributed by atoms with E-state index in [2.05, 4.69) is 5.32 Å². The van der Waals surface area contributed by atoms with E-state index in [9.17, 15) is 14.4 Å². The molecule has 5 N–H and O–H groups in total. The smallest absolute Gasteiger partial charge is 0.225 e. The second-order valence-electron chi connectivity index (χ2n) is 4.80. The number of carbonyl (C=O) groups excluding carboxylic acids is 3. The van der Waals surface area contributed by atoms with Crippen molar-refractivity contribution in [3.8, 4) is 0 Å². The summed E-state index contributed by atoms with van der Waals surface area (Å²) in [6, 6.07) is 6.81. The lowest BCUT2D eigenvalue weighted by atomic mass is 10.0. The lowest BCUT2D eigenvalue weighted by Gasteiger charge is -2.11. The van der Waals surface area contributed by atoms with Gasteiger partial charge in [-0.2, -0.15) is 0 Å². The molecule has 6 nitrogen and oxygen atoms in total. The van der Waals surface area contributed by atoms with Crippen molar-refractivity contribution in [2.24, 2.45) is 17.4 Å². The van der Waals surface area contributed by atoms with Crippen molar-refractivity contribution in [3.05, 3.63) is 29.8 Å². The van der Waals surface area contributed by atoms with E-state index in [1.165, 1.54) is 0 Å². The highest BCUT2D eigenvalue weighted by Gasteiger charge is 2.15. The number of primary amides is 2. The summed E-state index contributed by atoms with van der Waals surface area (Å²) in [6.45, 7) is 3.31. The first-order valence-corrected chi connectivity index (χ1v) is 6.29. The summed E-state index contributed by atoms with van der Waals surface area (Å²) in [5.41, 5.74) is 11.7. The van der Waals surface area contributed by atoms with Crippen molar-refractivity contribution in [1.29, 1.82) is 0 Å². The summed E-state index contributed by atoms with van der Waals surface area (Å²) in [5.74, 6) is -2.09. The second kappa shape index (κ2) is 6.70. The van der Waals surface area contributed by atoms with Crippen LogP contribution in [-0.4, -0.2) is 17.7 Å². The van der Waals surface area contributed by atoms with Crippen LogP contribution in [0.15, 0.2) is 24.3 Å². The Hall–Kier alpha value is -2.37. The van der Waals surface area contributed by atoms with Crippen LogP contribution in [0.2, 0.25) is 0 Å². The molecule has 20 heavy (non-hydrogen) atoms. The zero-order valence-electron chi connectivity index (χ0n) is 11.6. The van der Waals surface area contributed by atoms with Gasteiger partial charge in [-0.25, -0.2) is 0 Å². The molecule has 0 saturated heterocycles. The Labute approximate surface area is 117 Å². The SMILES string of the molecule is CC(CC(=O)Nc1ccc(C(C)C(N)=O)cc1)C(N)=O. The van der Waals surface area contributed by atoms with Gasteiger partial charge in [0.15, 0.2) is 0 Å². The first-order chi connectivity index (χ1) is 9.31. The summed E-state index contributed by atoms with van der Waals surface area (Å²) in [4.78, 5) is 33.6. The fourth-order valence-electron chi connectivity index (χ4n) is 1.61. The van der Waals surface area contributed by atoms with Crippen LogP contribution in [-0.2, 0) is 14.4 Å². The molecule has 0 heterocycles. The van der Waals surface area contributed by atoms with Crippen molar-refractivity contribution in [1.82, 2.24) is 0 Å². The first kappa shape index (κ1) is 15.7. The Kier molecular flexibility index (Phi) is 5.25. The van der Waals surface area contributed by atoms with E-state index >= 15 is 0 Å². The molecule has 0 bridgehead atoms. The lowest BCUT2D eigenvalue weighted by Crippen LogP contribution is -2.25. The molecule has 0 fully saturated rings. The third-order valence-corrected chi connectivity index (χ3v) is 3.10. The molecule has 1 rings (SSSR count). The number of nitrogens with one attached hydrogen (secondary N) is 1. The average Bonchev–Trinajstić information content (AvgIpc) is 2.38. The Morgan fingerprint density at radius 1 is 1.05 bits per heavy atom. The largest absolute Gasteiger partial charge is 0.369 e. The van der Waals surface area contributed by atoms with Gasteiger partial charge in [0.2, 0.25) is 17.7 Å². The van der Waals surface area contributed by atoms with E-state index in [1.54, 1.807) is 38.1 Å².